The average Bonchev–Trinajstić information content (AvgIpc) is 3.07. The average molecular weight is 333 g/mol. The zero-order valence-electron chi connectivity index (χ0n) is 13.6. The zero-order valence-corrected chi connectivity index (χ0v) is 15.2. The molecule has 118 valence electrons. The molecule has 1 fully saturated rings. The van der Waals surface area contributed by atoms with Gasteiger partial charge in [-0.1, -0.05) is 36.2 Å². The van der Waals surface area contributed by atoms with Crippen LogP contribution in [-0.4, -0.2) is 24.6 Å². The van der Waals surface area contributed by atoms with Crippen molar-refractivity contribution in [2.24, 2.45) is 0 Å². The normalized spacial score (nSPS) is 24.8. The lowest BCUT2D eigenvalue weighted by molar-refractivity contribution is 0.592. The predicted octanol–water partition coefficient (Wildman–Crippen LogP) is 4.70. The number of aryl methyl sites for hydroxylation is 3. The van der Waals surface area contributed by atoms with E-state index in [-0.39, 0.29) is 4.08 Å². The Balaban J connectivity index is 1.73. The Morgan fingerprint density at radius 3 is 2.64 bits per heavy atom. The molecule has 1 aromatic carbocycles. The molecule has 2 atom stereocenters. The van der Waals surface area contributed by atoms with Crippen molar-refractivity contribution in [2.45, 2.75) is 49.5 Å². The van der Waals surface area contributed by atoms with Gasteiger partial charge in [0.2, 0.25) is 0 Å². The molecule has 1 saturated heterocycles. The summed E-state index contributed by atoms with van der Waals surface area (Å²) in [7, 11) is 0. The fourth-order valence-corrected chi connectivity index (χ4v) is 6.85. The van der Waals surface area contributed by atoms with Crippen molar-refractivity contribution in [3.63, 3.8) is 0 Å². The molecule has 0 amide bonds. The molecular formula is C18H24N2S2. The first-order valence-electron chi connectivity index (χ1n) is 7.89. The van der Waals surface area contributed by atoms with E-state index in [0.29, 0.717) is 0 Å². The van der Waals surface area contributed by atoms with E-state index in [0.717, 1.165) is 18.2 Å². The molecule has 0 spiro atoms. The van der Waals surface area contributed by atoms with Crippen LogP contribution in [0.5, 0.6) is 0 Å². The van der Waals surface area contributed by atoms with Gasteiger partial charge in [-0.3, -0.25) is 0 Å². The van der Waals surface area contributed by atoms with Crippen LogP contribution in [0.25, 0.3) is 0 Å². The van der Waals surface area contributed by atoms with Crippen molar-refractivity contribution >= 4 is 23.5 Å². The highest BCUT2D eigenvalue weighted by molar-refractivity contribution is 8.21. The molecule has 0 aliphatic carbocycles. The molecule has 2 nitrogen and oxygen atoms in total. The summed E-state index contributed by atoms with van der Waals surface area (Å²) < 4.78 is 2.53. The largest absolute Gasteiger partial charge is 0.335 e. The second kappa shape index (κ2) is 6.71. The Kier molecular flexibility index (Phi) is 4.88. The Labute approximate surface area is 142 Å². The summed E-state index contributed by atoms with van der Waals surface area (Å²) in [6, 6.07) is 6.93. The SMILES string of the molecule is Cc1cc(C)cc(CCC2(Cn3ccnc3)SCC(C)S2)c1. The molecule has 0 saturated carbocycles. The molecule has 0 bridgehead atoms. The summed E-state index contributed by atoms with van der Waals surface area (Å²) in [5.41, 5.74) is 4.22. The van der Waals surface area contributed by atoms with Gasteiger partial charge in [0.15, 0.2) is 0 Å². The van der Waals surface area contributed by atoms with Crippen LogP contribution in [0.15, 0.2) is 36.9 Å². The van der Waals surface area contributed by atoms with Crippen LogP contribution >= 0.6 is 23.5 Å². The van der Waals surface area contributed by atoms with E-state index < -0.39 is 0 Å². The zero-order chi connectivity index (χ0) is 15.6. The van der Waals surface area contributed by atoms with Crippen molar-refractivity contribution in [3.8, 4) is 0 Å². The summed E-state index contributed by atoms with van der Waals surface area (Å²) in [5, 5.41) is 0.743. The topological polar surface area (TPSA) is 17.8 Å². The van der Waals surface area contributed by atoms with Gasteiger partial charge < -0.3 is 4.57 Å². The molecule has 1 aliphatic rings. The van der Waals surface area contributed by atoms with Gasteiger partial charge in [-0.05, 0) is 32.3 Å². The highest BCUT2D eigenvalue weighted by Gasteiger charge is 2.39. The molecule has 2 aromatic rings. The molecule has 0 radical (unpaired) electrons. The van der Waals surface area contributed by atoms with E-state index in [1.165, 1.54) is 28.9 Å². The van der Waals surface area contributed by atoms with Crippen molar-refractivity contribution in [2.75, 3.05) is 5.75 Å². The first-order chi connectivity index (χ1) is 10.5. The monoisotopic (exact) mass is 332 g/mol. The number of hydrogen-bond acceptors (Lipinski definition) is 3. The Morgan fingerprint density at radius 2 is 2.05 bits per heavy atom. The minimum atomic E-state index is 0.289. The van der Waals surface area contributed by atoms with E-state index in [2.05, 4.69) is 78.2 Å². The first-order valence-corrected chi connectivity index (χ1v) is 9.76. The molecule has 2 unspecified atom stereocenters. The standard InChI is InChI=1S/C18H24N2S2/c1-14-8-15(2)10-17(9-14)4-5-18(21-11-16(3)22-18)12-20-7-6-19-13-20/h6-10,13,16H,4-5,11-12H2,1-3H3. The number of thioether (sulfide) groups is 2. The van der Waals surface area contributed by atoms with Crippen LogP contribution in [0.3, 0.4) is 0 Å². The van der Waals surface area contributed by atoms with Crippen molar-refractivity contribution < 1.29 is 0 Å². The highest BCUT2D eigenvalue weighted by Crippen LogP contribution is 2.51. The Hall–Kier alpha value is -0.870. The maximum Gasteiger partial charge on any atom is 0.0946 e. The third kappa shape index (κ3) is 3.90. The van der Waals surface area contributed by atoms with Gasteiger partial charge >= 0.3 is 0 Å². The molecule has 4 heteroatoms. The van der Waals surface area contributed by atoms with Gasteiger partial charge in [-0.2, -0.15) is 0 Å². The molecule has 2 heterocycles. The van der Waals surface area contributed by atoms with E-state index in [9.17, 15) is 0 Å². The van der Waals surface area contributed by atoms with Gasteiger partial charge in [0.1, 0.15) is 0 Å². The summed E-state index contributed by atoms with van der Waals surface area (Å²) >= 11 is 4.29. The van der Waals surface area contributed by atoms with E-state index >= 15 is 0 Å². The van der Waals surface area contributed by atoms with Crippen LogP contribution in [-0.2, 0) is 13.0 Å². The fourth-order valence-electron chi connectivity index (χ4n) is 3.20. The predicted molar refractivity (Wildman–Crippen MR) is 98.7 cm³/mol. The Morgan fingerprint density at radius 1 is 1.27 bits per heavy atom. The second-order valence-electron chi connectivity index (χ2n) is 6.38. The first kappa shape index (κ1) is 16.0. The minimum absolute atomic E-state index is 0.289. The van der Waals surface area contributed by atoms with Crippen molar-refractivity contribution in [3.05, 3.63) is 53.6 Å². The van der Waals surface area contributed by atoms with Gasteiger partial charge in [-0.15, -0.1) is 23.5 Å². The lowest BCUT2D eigenvalue weighted by Crippen LogP contribution is -2.25. The summed E-state index contributed by atoms with van der Waals surface area (Å²) in [6.45, 7) is 7.79. The third-order valence-corrected chi connectivity index (χ3v) is 7.77. The number of nitrogens with zero attached hydrogens (tertiary/aromatic N) is 2. The van der Waals surface area contributed by atoms with Crippen LogP contribution < -0.4 is 0 Å². The van der Waals surface area contributed by atoms with Crippen LogP contribution in [0.1, 0.15) is 30.0 Å². The van der Waals surface area contributed by atoms with E-state index in [1.54, 1.807) is 0 Å². The lowest BCUT2D eigenvalue weighted by atomic mass is 10.0. The van der Waals surface area contributed by atoms with Gasteiger partial charge in [0.25, 0.3) is 0 Å². The second-order valence-corrected chi connectivity index (χ2v) is 9.86. The maximum absolute atomic E-state index is 4.20. The lowest BCUT2D eigenvalue weighted by Gasteiger charge is -2.28. The van der Waals surface area contributed by atoms with Gasteiger partial charge in [0.05, 0.1) is 10.4 Å². The summed E-state index contributed by atoms with van der Waals surface area (Å²) in [4.78, 5) is 4.20. The quantitative estimate of drug-likeness (QED) is 0.790. The molecule has 0 N–H and O–H groups in total. The molecule has 1 aromatic heterocycles. The number of aromatic nitrogens is 2. The number of imidazole rings is 1. The highest BCUT2D eigenvalue weighted by atomic mass is 32.2. The molecule has 3 rings (SSSR count). The molecule has 22 heavy (non-hydrogen) atoms. The van der Waals surface area contributed by atoms with E-state index in [1.807, 2.05) is 12.5 Å². The maximum atomic E-state index is 4.20. The smallest absolute Gasteiger partial charge is 0.0946 e. The van der Waals surface area contributed by atoms with Crippen LogP contribution in [0.4, 0.5) is 0 Å². The van der Waals surface area contributed by atoms with Gasteiger partial charge in [-0.25, -0.2) is 4.98 Å². The minimum Gasteiger partial charge on any atom is -0.335 e. The van der Waals surface area contributed by atoms with Crippen LogP contribution in [0, 0.1) is 13.8 Å². The summed E-state index contributed by atoms with van der Waals surface area (Å²) in [5.74, 6) is 1.26. The van der Waals surface area contributed by atoms with Crippen molar-refractivity contribution in [1.82, 2.24) is 9.55 Å². The van der Waals surface area contributed by atoms with Crippen LogP contribution in [0.2, 0.25) is 0 Å². The number of benzene rings is 1. The molecular weight excluding hydrogens is 308 g/mol. The third-order valence-electron chi connectivity index (χ3n) is 4.06. The number of rotatable bonds is 5. The number of hydrogen-bond donors (Lipinski definition) is 0. The van der Waals surface area contributed by atoms with Gasteiger partial charge in [0, 0.05) is 29.9 Å². The van der Waals surface area contributed by atoms with E-state index in [4.69, 9.17) is 0 Å². The molecule has 1 aliphatic heterocycles. The fraction of sp³-hybridized carbons (Fsp3) is 0.500. The van der Waals surface area contributed by atoms with Crippen molar-refractivity contribution in [1.29, 1.82) is 0 Å². The Bertz CT molecular complexity index is 604. The summed E-state index contributed by atoms with van der Waals surface area (Å²) in [6.07, 6.45) is 8.29.